The van der Waals surface area contributed by atoms with Gasteiger partial charge in [0.05, 0.1) is 12.3 Å². The van der Waals surface area contributed by atoms with Crippen LogP contribution >= 0.6 is 0 Å². The van der Waals surface area contributed by atoms with Gasteiger partial charge in [-0.1, -0.05) is 18.1 Å². The first-order chi connectivity index (χ1) is 8.13. The average molecular weight is 253 g/mol. The summed E-state index contributed by atoms with van der Waals surface area (Å²) in [4.78, 5) is 11.0. The van der Waals surface area contributed by atoms with E-state index in [9.17, 15) is 9.00 Å². The Hall–Kier alpha value is -1.84. The summed E-state index contributed by atoms with van der Waals surface area (Å²) in [5, 5.41) is 0. The number of carbonyl (C=O) groups excluding carboxylic acids is 1. The van der Waals surface area contributed by atoms with Crippen molar-refractivity contribution in [1.82, 2.24) is 0 Å². The molecule has 5 nitrogen and oxygen atoms in total. The zero-order valence-electron chi connectivity index (χ0n) is 9.10. The van der Waals surface area contributed by atoms with Crippen LogP contribution < -0.4 is 4.72 Å². The van der Waals surface area contributed by atoms with E-state index in [1.165, 1.54) is 0 Å². The minimum absolute atomic E-state index is 0.258. The van der Waals surface area contributed by atoms with Crippen molar-refractivity contribution >= 4 is 22.9 Å². The molecule has 0 radical (unpaired) electrons. The Morgan fingerprint density at radius 3 is 2.88 bits per heavy atom. The van der Waals surface area contributed by atoms with Crippen LogP contribution in [0.5, 0.6) is 0 Å². The highest BCUT2D eigenvalue weighted by atomic mass is 32.2. The third kappa shape index (κ3) is 4.68. The Kier molecular flexibility index (Phi) is 5.20. The van der Waals surface area contributed by atoms with E-state index in [0.29, 0.717) is 11.3 Å². The summed E-state index contributed by atoms with van der Waals surface area (Å²) in [5.74, 6) is 4.22. The van der Waals surface area contributed by atoms with Crippen molar-refractivity contribution < 1.29 is 18.3 Å². The quantitative estimate of drug-likeness (QED) is 0.481. The number of hydrogen-bond acceptors (Lipinski definition) is 3. The fourth-order valence-corrected chi connectivity index (χ4v) is 1.43. The smallest absolute Gasteiger partial charge is 0.384 e. The van der Waals surface area contributed by atoms with Gasteiger partial charge in [-0.25, -0.2) is 9.00 Å². The van der Waals surface area contributed by atoms with Gasteiger partial charge < -0.3 is 4.74 Å². The number of rotatable bonds is 3. The Bertz CT molecular complexity index is 490. The summed E-state index contributed by atoms with van der Waals surface area (Å²) in [5.41, 5.74) is 0.827. The lowest BCUT2D eigenvalue weighted by Gasteiger charge is -2.02. The van der Waals surface area contributed by atoms with Crippen LogP contribution in [-0.2, 0) is 20.8 Å². The van der Waals surface area contributed by atoms with Crippen molar-refractivity contribution in [2.45, 2.75) is 6.92 Å². The summed E-state index contributed by atoms with van der Waals surface area (Å²) in [7, 11) is 0. The lowest BCUT2D eigenvalue weighted by Crippen LogP contribution is -2.04. The van der Waals surface area contributed by atoms with E-state index < -0.39 is 17.2 Å². The lowest BCUT2D eigenvalue weighted by molar-refractivity contribution is -0.136. The van der Waals surface area contributed by atoms with Gasteiger partial charge in [-0.2, -0.15) is 0 Å². The van der Waals surface area contributed by atoms with Gasteiger partial charge in [0, 0.05) is 11.5 Å². The Balaban J connectivity index is 2.90. The molecule has 0 aliphatic rings. The molecule has 1 atom stereocenters. The number of esters is 1. The molecule has 1 rings (SSSR count). The summed E-state index contributed by atoms with van der Waals surface area (Å²) in [6.07, 6.45) is 0. The molecule has 0 aliphatic heterocycles. The van der Waals surface area contributed by atoms with Crippen molar-refractivity contribution in [3.63, 3.8) is 0 Å². The van der Waals surface area contributed by atoms with Crippen molar-refractivity contribution in [1.29, 1.82) is 0 Å². The van der Waals surface area contributed by atoms with Crippen LogP contribution in [0.4, 0.5) is 5.69 Å². The maximum atomic E-state index is 11.0. The van der Waals surface area contributed by atoms with Crippen molar-refractivity contribution in [3.05, 3.63) is 29.8 Å². The summed E-state index contributed by atoms with van der Waals surface area (Å²) in [6.45, 7) is 1.94. The maximum absolute atomic E-state index is 11.0. The monoisotopic (exact) mass is 253 g/mol. The van der Waals surface area contributed by atoms with Gasteiger partial charge in [-0.3, -0.25) is 9.27 Å². The molecule has 0 fully saturated rings. The molecule has 0 aromatic heterocycles. The molecule has 0 spiro atoms. The molecule has 6 heteroatoms. The van der Waals surface area contributed by atoms with E-state index in [1.807, 2.05) is 0 Å². The topological polar surface area (TPSA) is 75.6 Å². The second-order valence-corrected chi connectivity index (χ2v) is 3.57. The van der Waals surface area contributed by atoms with Gasteiger partial charge in [-0.05, 0) is 19.1 Å². The number of benzene rings is 1. The number of nitrogens with one attached hydrogen (secondary N) is 1. The predicted octanol–water partition coefficient (Wildman–Crippen LogP) is 1.15. The van der Waals surface area contributed by atoms with E-state index in [-0.39, 0.29) is 6.61 Å². The highest BCUT2D eigenvalue weighted by Crippen LogP contribution is 2.13. The number of anilines is 1. The Morgan fingerprint density at radius 2 is 2.24 bits per heavy atom. The molecule has 0 saturated carbocycles. The molecular formula is C11H11NO4S. The van der Waals surface area contributed by atoms with E-state index in [1.54, 1.807) is 31.2 Å². The van der Waals surface area contributed by atoms with Gasteiger partial charge in [-0.15, -0.1) is 0 Å². The Labute approximate surface area is 102 Å². The second-order valence-electron chi connectivity index (χ2n) is 2.87. The molecule has 90 valence electrons. The van der Waals surface area contributed by atoms with Gasteiger partial charge in [0.2, 0.25) is 0 Å². The van der Waals surface area contributed by atoms with Gasteiger partial charge in [0.1, 0.15) is 0 Å². The molecule has 0 saturated heterocycles. The summed E-state index contributed by atoms with van der Waals surface area (Å²) in [6, 6.07) is 6.61. The van der Waals surface area contributed by atoms with Gasteiger partial charge in [0.25, 0.3) is 11.3 Å². The first-order valence-corrected chi connectivity index (χ1v) is 5.89. The van der Waals surface area contributed by atoms with Crippen LogP contribution in [0, 0.1) is 11.8 Å². The van der Waals surface area contributed by atoms with Crippen molar-refractivity contribution in [2.24, 2.45) is 0 Å². The molecule has 1 aromatic rings. The van der Waals surface area contributed by atoms with Crippen molar-refractivity contribution in [3.8, 4) is 11.8 Å². The fourth-order valence-electron chi connectivity index (χ4n) is 1.06. The molecule has 0 bridgehead atoms. The molecule has 1 unspecified atom stereocenters. The zero-order valence-corrected chi connectivity index (χ0v) is 9.91. The van der Waals surface area contributed by atoms with Crippen LogP contribution in [0.15, 0.2) is 24.3 Å². The van der Waals surface area contributed by atoms with E-state index in [0.717, 1.165) is 0 Å². The normalized spacial score (nSPS) is 10.9. The van der Waals surface area contributed by atoms with Crippen LogP contribution in [0.1, 0.15) is 12.5 Å². The van der Waals surface area contributed by atoms with E-state index in [4.69, 9.17) is 4.55 Å². The molecular weight excluding hydrogens is 242 g/mol. The Morgan fingerprint density at radius 1 is 1.53 bits per heavy atom. The minimum atomic E-state index is -2.18. The first-order valence-electron chi connectivity index (χ1n) is 4.78. The van der Waals surface area contributed by atoms with Crippen LogP contribution in [0.3, 0.4) is 0 Å². The number of ether oxygens (including phenoxy) is 1. The minimum Gasteiger partial charge on any atom is -0.456 e. The lowest BCUT2D eigenvalue weighted by atomic mass is 10.2. The van der Waals surface area contributed by atoms with Gasteiger partial charge >= 0.3 is 5.97 Å². The molecule has 2 N–H and O–H groups in total. The van der Waals surface area contributed by atoms with Crippen LogP contribution in [0.25, 0.3) is 0 Å². The number of hydrogen-bond donors (Lipinski definition) is 2. The standard InChI is InChI=1S/C11H11NO4S/c1-2-16-11(13)8-7-9-5-3-4-6-10(9)12-17(14)15/h3-6,12H,2H2,1H3,(H,14,15). The zero-order chi connectivity index (χ0) is 12.7. The highest BCUT2D eigenvalue weighted by Gasteiger charge is 2.01. The third-order valence-corrected chi connectivity index (χ3v) is 2.09. The molecule has 1 aromatic carbocycles. The largest absolute Gasteiger partial charge is 0.456 e. The molecule has 0 amide bonds. The van der Waals surface area contributed by atoms with Gasteiger partial charge in [0.15, 0.2) is 0 Å². The number of carbonyl (C=O) groups is 1. The second kappa shape index (κ2) is 6.68. The van der Waals surface area contributed by atoms with E-state index >= 15 is 0 Å². The fraction of sp³-hybridized carbons (Fsp3) is 0.182. The van der Waals surface area contributed by atoms with Crippen molar-refractivity contribution in [2.75, 3.05) is 11.3 Å². The van der Waals surface area contributed by atoms with Crippen LogP contribution in [-0.4, -0.2) is 21.3 Å². The SMILES string of the molecule is CCOC(=O)C#Cc1ccccc1NS(=O)O. The highest BCUT2D eigenvalue weighted by molar-refractivity contribution is 7.80. The van der Waals surface area contributed by atoms with E-state index in [2.05, 4.69) is 21.3 Å². The number of para-hydroxylation sites is 1. The third-order valence-electron chi connectivity index (χ3n) is 1.70. The van der Waals surface area contributed by atoms with Crippen LogP contribution in [0.2, 0.25) is 0 Å². The maximum Gasteiger partial charge on any atom is 0.384 e. The molecule has 17 heavy (non-hydrogen) atoms. The summed E-state index contributed by atoms with van der Waals surface area (Å²) < 4.78 is 26.3. The summed E-state index contributed by atoms with van der Waals surface area (Å²) >= 11 is -2.18. The first kappa shape index (κ1) is 13.2. The molecule has 0 aliphatic carbocycles. The predicted molar refractivity (Wildman–Crippen MR) is 64.3 cm³/mol. The average Bonchev–Trinajstić information content (AvgIpc) is 2.27. The molecule has 0 heterocycles.